The van der Waals surface area contributed by atoms with Crippen molar-refractivity contribution in [3.63, 3.8) is 0 Å². The average molecular weight is 2220 g/mol. The predicted molar refractivity (Wildman–Crippen MR) is 588 cm³/mol. The van der Waals surface area contributed by atoms with Crippen LogP contribution < -0.4 is 71.9 Å². The number of aryl methyl sites for hydroxylation is 6. The Kier molecular flexibility index (Phi) is 31.7. The van der Waals surface area contributed by atoms with Gasteiger partial charge in [-0.25, -0.2) is 143 Å². The Balaban J connectivity index is 0.000000122. The Bertz CT molecular complexity index is 8590. The van der Waals surface area contributed by atoms with E-state index in [1.807, 2.05) is 57.4 Å². The molecule has 17 aromatic rings. The first-order chi connectivity index (χ1) is 71.7. The van der Waals surface area contributed by atoms with E-state index in [9.17, 15) is 46.9 Å². The van der Waals surface area contributed by atoms with Crippen molar-refractivity contribution in [1.29, 1.82) is 0 Å². The maximum atomic E-state index is 12.1. The van der Waals surface area contributed by atoms with Gasteiger partial charge in [0.25, 0.3) is 0 Å². The second-order valence-electron chi connectivity index (χ2n) is 36.0. The monoisotopic (exact) mass is 2220 g/mol. The third-order valence-electron chi connectivity index (χ3n) is 24.4. The molecule has 0 unspecified atom stereocenters. The first kappa shape index (κ1) is 106. The number of carbonyl (C=O) groups is 1. The zero-order chi connectivity index (χ0) is 106. The fourth-order valence-electron chi connectivity index (χ4n) is 16.7. The number of hydrogen-bond acceptors (Lipinski definition) is 42. The van der Waals surface area contributed by atoms with Gasteiger partial charge in [0, 0.05) is 123 Å². The van der Waals surface area contributed by atoms with Crippen LogP contribution in [0.2, 0.25) is 0 Å². The molecule has 3 aliphatic carbocycles. The third kappa shape index (κ3) is 25.3. The van der Waals surface area contributed by atoms with E-state index in [1.165, 1.54) is 91.3 Å². The van der Waals surface area contributed by atoms with Gasteiger partial charge < -0.3 is 55.7 Å². The van der Waals surface area contributed by atoms with Crippen LogP contribution in [0, 0.1) is 5.41 Å². The zero-order valence-corrected chi connectivity index (χ0v) is 90.3. The molecule has 12 heterocycles. The molecule has 0 saturated carbocycles. The smallest absolute Gasteiger partial charge is 0.311 e. The van der Waals surface area contributed by atoms with Gasteiger partial charge in [-0.2, -0.15) is 0 Å². The number of aromatic nitrogens is 15. The molecule has 0 bridgehead atoms. The average Bonchev–Trinajstić information content (AvgIpc) is 1.58. The number of thiazole rings is 5. The van der Waals surface area contributed by atoms with Gasteiger partial charge in [0.05, 0.1) is 123 Å². The number of morpholine rings is 1. The molecule has 42 nitrogen and oxygen atoms in total. The van der Waals surface area contributed by atoms with Crippen LogP contribution in [0.3, 0.4) is 0 Å². The molecule has 52 heteroatoms. The SMILES string of the molecule is CC(C)(C)C(=O)OCc1nc2c(s1)-c1nc(Nc3cccc(S(N)(=O)=O)c3)ncc1CC2.CCN(CC)c1nc2c(s1)-c1nc(Nc3cccc(S(N)(=O)=O)c3)ncc1CC2.CCN(CC)c1nc2ccc3cnc(Nc4cccc(S(N)(=O)=O)c4)nc3c2s1.NS(=O)(=O)c1cccc(Nc2ncc3c(n2)-c2sc(N4CCOCC4)nc2CC3)c1.NS(=O)(=O)c1cccc(Nc2ncc3ccc4nc(N5CCCCC5)sc4c3n2)c1. The van der Waals surface area contributed by atoms with Gasteiger partial charge in [0.2, 0.25) is 79.9 Å². The van der Waals surface area contributed by atoms with E-state index in [2.05, 4.69) is 114 Å². The summed E-state index contributed by atoms with van der Waals surface area (Å²) in [5.74, 6) is 1.61. The van der Waals surface area contributed by atoms with Gasteiger partial charge in [0.15, 0.2) is 20.5 Å². The first-order valence-corrected chi connectivity index (χ1v) is 59.5. The number of esters is 1. The predicted octanol–water partition coefficient (Wildman–Crippen LogP) is 15.1. The van der Waals surface area contributed by atoms with Crippen molar-refractivity contribution in [3.8, 4) is 31.7 Å². The van der Waals surface area contributed by atoms with Gasteiger partial charge in [-0.3, -0.25) is 4.79 Å². The fraction of sp³-hybridized carbons (Fsp3) is 0.286. The van der Waals surface area contributed by atoms with Crippen molar-refractivity contribution < 1.29 is 56.4 Å². The number of primary sulfonamides is 5. The van der Waals surface area contributed by atoms with Crippen molar-refractivity contribution in [3.05, 3.63) is 215 Å². The highest BCUT2D eigenvalue weighted by Crippen LogP contribution is 2.45. The summed E-state index contributed by atoms with van der Waals surface area (Å²) in [4.78, 5) is 93.5. The number of hydrogen-bond donors (Lipinski definition) is 10. The lowest BCUT2D eigenvalue weighted by molar-refractivity contribution is -0.154. The van der Waals surface area contributed by atoms with Crippen molar-refractivity contribution in [1.82, 2.24) is 74.8 Å². The Morgan fingerprint density at radius 2 is 0.727 bits per heavy atom. The second-order valence-corrected chi connectivity index (χ2v) is 48.8. The van der Waals surface area contributed by atoms with Crippen LogP contribution in [0.1, 0.15) is 107 Å². The second kappa shape index (κ2) is 44.8. The summed E-state index contributed by atoms with van der Waals surface area (Å²) in [6.07, 6.45) is 17.6. The standard InChI is InChI=1S/C21H23N5O4S2.C20H20N6O2S2.C19H20N6O3S2.C19H22N6O2S2.C19H20N6O2S2/c1-21(2,3)19(27)30-11-16-25-15-8-7-12-10-23-20(26-17(12)18(15)31-16)24-13-5-4-6-14(9-13)32(22,28)29;21-30(27,28)15-6-4-5-14(11-15)23-19-22-12-13-7-8-16-18(17(13)25-19)29-20(24-16)26-9-2-1-3-10-26;20-30(26,27)14-3-1-2-13(10-14)22-18-21-11-12-4-5-15-17(16(12)24-18)29-19(23-15)25-6-8-28-9-7-25;2*1-3-25(4-2)19-23-15-9-8-12-11-21-18(24-16(12)17(15)28-19)22-13-6-5-7-14(10-13)29(20,26)27/h4-6,9-10H,7-8,11H2,1-3H3,(H2,22,28,29)(H,23,24,26);4-8,11-12H,1-3,9-10H2,(H2,21,27,28)(H,22,23,25);1-3,10-11H,4-9H2,(H2,20,26,27)(H,21,22,24);5-7,10-11H,3-4,8-9H2,1-2H3,(H2,20,26,27)(H,21,22,24);5-11H,3-4H2,1-2H3,(H2,20,26,27)(H,21,22,24). The minimum atomic E-state index is -3.81. The number of rotatable bonds is 25. The number of benzene rings is 7. The molecule has 0 spiro atoms. The molecule has 2 aliphatic heterocycles. The molecule has 10 aromatic heterocycles. The molecular formula is C98H105N29O13S10. The number of ether oxygens (including phenoxy) is 2. The molecule has 22 rings (SSSR count). The number of sulfonamides is 5. The summed E-state index contributed by atoms with van der Waals surface area (Å²) >= 11 is 8.02. The molecule has 0 atom stereocenters. The van der Waals surface area contributed by atoms with Gasteiger partial charge in [-0.1, -0.05) is 75.7 Å². The maximum Gasteiger partial charge on any atom is 0.311 e. The number of nitrogens with zero attached hydrogens (tertiary/aromatic N) is 19. The number of carbonyl (C=O) groups excluding carboxylic acids is 1. The summed E-state index contributed by atoms with van der Waals surface area (Å²) in [5.41, 5.74) is 14.4. The lowest BCUT2D eigenvalue weighted by atomic mass is 9.97. The summed E-state index contributed by atoms with van der Waals surface area (Å²) < 4.78 is 129. The highest BCUT2D eigenvalue weighted by atomic mass is 32.2. The van der Waals surface area contributed by atoms with Crippen molar-refractivity contribution in [2.24, 2.45) is 31.1 Å². The minimum Gasteiger partial charge on any atom is -0.458 e. The van der Waals surface area contributed by atoms with E-state index < -0.39 is 55.5 Å². The Hall–Kier alpha value is -13.7. The molecule has 150 heavy (non-hydrogen) atoms. The maximum absolute atomic E-state index is 12.1. The van der Waals surface area contributed by atoms with E-state index in [0.717, 1.165) is 224 Å². The molecular weight excluding hydrogens is 2110 g/mol. The highest BCUT2D eigenvalue weighted by Gasteiger charge is 2.32. The molecule has 0 radical (unpaired) electrons. The lowest BCUT2D eigenvalue weighted by Crippen LogP contribution is -2.36. The van der Waals surface area contributed by atoms with E-state index in [4.69, 9.17) is 70.1 Å². The number of nitrogens with two attached hydrogens (primary N) is 5. The molecule has 0 amide bonds. The molecule has 2 fully saturated rings. The summed E-state index contributed by atoms with van der Waals surface area (Å²) in [7, 11) is -18.9. The Morgan fingerprint density at radius 1 is 0.380 bits per heavy atom. The zero-order valence-electron chi connectivity index (χ0n) is 82.2. The van der Waals surface area contributed by atoms with Crippen LogP contribution in [-0.2, 0) is 110 Å². The van der Waals surface area contributed by atoms with Gasteiger partial charge in [0.1, 0.15) is 11.6 Å². The van der Waals surface area contributed by atoms with Crippen LogP contribution in [0.15, 0.2) is 201 Å². The van der Waals surface area contributed by atoms with Crippen LogP contribution in [0.4, 0.5) is 78.7 Å². The molecule has 780 valence electrons. The number of fused-ring (bicyclic) bond motifs is 15. The van der Waals surface area contributed by atoms with E-state index in [0.29, 0.717) is 71.4 Å². The van der Waals surface area contributed by atoms with Crippen LogP contribution >= 0.6 is 56.7 Å². The van der Waals surface area contributed by atoms with Gasteiger partial charge in [-0.05, 0) is 238 Å². The largest absolute Gasteiger partial charge is 0.458 e. The molecule has 7 aromatic carbocycles. The quantitative estimate of drug-likeness (QED) is 0.0238. The van der Waals surface area contributed by atoms with Gasteiger partial charge in [-0.15, -0.1) is 11.3 Å². The summed E-state index contributed by atoms with van der Waals surface area (Å²) in [6, 6.07) is 39.1. The van der Waals surface area contributed by atoms with Crippen molar-refractivity contribution in [2.45, 2.75) is 137 Å². The first-order valence-electron chi connectivity index (χ1n) is 47.7. The van der Waals surface area contributed by atoms with Crippen LogP contribution in [-0.4, -0.2) is 188 Å². The molecule has 5 aliphatic rings. The Labute approximate surface area is 885 Å². The molecule has 2 saturated heterocycles. The number of anilines is 14. The molecule has 15 N–H and O–H groups in total. The van der Waals surface area contributed by atoms with Crippen LogP contribution in [0.5, 0.6) is 0 Å². The third-order valence-corrected chi connectivity index (χ3v) is 34.7. The topological polar surface area (TPSA) is 603 Å². The normalized spacial score (nSPS) is 13.8. The summed E-state index contributed by atoms with van der Waals surface area (Å²) in [6.45, 7) is 22.8. The highest BCUT2D eigenvalue weighted by molar-refractivity contribution is 7.90. The minimum absolute atomic E-state index is 0.000325. The van der Waals surface area contributed by atoms with E-state index in [1.54, 1.807) is 125 Å². The number of piperidine rings is 1. The van der Waals surface area contributed by atoms with Gasteiger partial charge >= 0.3 is 5.97 Å². The lowest BCUT2D eigenvalue weighted by Gasteiger charge is -2.26. The van der Waals surface area contributed by atoms with Crippen LogP contribution in [0.25, 0.3) is 74.0 Å². The fourth-order valence-corrected chi connectivity index (χ4v) is 25.3. The van der Waals surface area contributed by atoms with E-state index >= 15 is 0 Å². The van der Waals surface area contributed by atoms with Crippen molar-refractivity contribution in [2.75, 3.05) is 112 Å². The van der Waals surface area contributed by atoms with E-state index in [-0.39, 0.29) is 37.1 Å². The Morgan fingerprint density at radius 3 is 1.13 bits per heavy atom. The number of nitrogens with one attached hydrogen (secondary N) is 5. The summed E-state index contributed by atoms with van der Waals surface area (Å²) in [5, 5.41) is 48.0. The van der Waals surface area contributed by atoms with Crippen molar-refractivity contribution >= 4 is 234 Å².